The summed E-state index contributed by atoms with van der Waals surface area (Å²) in [6.07, 6.45) is -2.01. The van der Waals surface area contributed by atoms with Gasteiger partial charge in [-0.15, -0.1) is 0 Å². The van der Waals surface area contributed by atoms with Crippen LogP contribution in [0.5, 0.6) is 0 Å². The highest BCUT2D eigenvalue weighted by Crippen LogP contribution is 2.19. The van der Waals surface area contributed by atoms with Gasteiger partial charge in [0.15, 0.2) is 6.10 Å². The lowest BCUT2D eigenvalue weighted by Gasteiger charge is -2.09. The predicted octanol–water partition coefficient (Wildman–Crippen LogP) is -1.45. The highest BCUT2D eigenvalue weighted by Gasteiger charge is 2.36. The lowest BCUT2D eigenvalue weighted by molar-refractivity contribution is -0.149. The quantitative estimate of drug-likeness (QED) is 0.460. The first-order valence-electron chi connectivity index (χ1n) is 3.41. The van der Waals surface area contributed by atoms with E-state index in [4.69, 9.17) is 20.7 Å². The Balaban J connectivity index is 2.49. The third-order valence-corrected chi connectivity index (χ3v) is 1.73. The Morgan fingerprint density at radius 1 is 1.73 bits per heavy atom. The molecule has 0 aliphatic carbocycles. The van der Waals surface area contributed by atoms with Crippen molar-refractivity contribution in [1.82, 2.24) is 0 Å². The maximum Gasteiger partial charge on any atom is 0.332 e. The number of ether oxygens (including phenoxy) is 1. The molecule has 64 valence electrons. The lowest BCUT2D eigenvalue weighted by Crippen LogP contribution is -2.30. The molecule has 0 aromatic heterocycles. The van der Waals surface area contributed by atoms with E-state index in [0.717, 1.165) is 0 Å². The van der Waals surface area contributed by atoms with Gasteiger partial charge in [-0.2, -0.15) is 0 Å². The monoisotopic (exact) mass is 161 g/mol. The van der Waals surface area contributed by atoms with Gasteiger partial charge in [0.05, 0.1) is 12.2 Å². The molecule has 1 saturated heterocycles. The van der Waals surface area contributed by atoms with Crippen molar-refractivity contribution in [3.05, 3.63) is 0 Å². The van der Waals surface area contributed by atoms with Gasteiger partial charge in [0, 0.05) is 13.0 Å². The van der Waals surface area contributed by atoms with E-state index in [1.807, 2.05) is 0 Å². The Morgan fingerprint density at radius 2 is 2.36 bits per heavy atom. The van der Waals surface area contributed by atoms with Crippen molar-refractivity contribution in [1.29, 1.82) is 0 Å². The SMILES string of the molecule is NCC1O[C@@H](C(=O)O)CC1O. The highest BCUT2D eigenvalue weighted by atomic mass is 16.5. The summed E-state index contributed by atoms with van der Waals surface area (Å²) in [5, 5.41) is 17.6. The van der Waals surface area contributed by atoms with Crippen LogP contribution in [0.4, 0.5) is 0 Å². The molecule has 4 N–H and O–H groups in total. The maximum atomic E-state index is 10.3. The average molecular weight is 161 g/mol. The molecule has 0 radical (unpaired) electrons. The first-order valence-corrected chi connectivity index (χ1v) is 3.41. The minimum Gasteiger partial charge on any atom is -0.479 e. The summed E-state index contributed by atoms with van der Waals surface area (Å²) in [6, 6.07) is 0. The summed E-state index contributed by atoms with van der Waals surface area (Å²) >= 11 is 0. The van der Waals surface area contributed by atoms with Gasteiger partial charge in [-0.25, -0.2) is 4.79 Å². The number of aliphatic hydroxyl groups excluding tert-OH is 1. The molecule has 0 aromatic carbocycles. The van der Waals surface area contributed by atoms with Crippen LogP contribution in [0.15, 0.2) is 0 Å². The van der Waals surface area contributed by atoms with E-state index in [-0.39, 0.29) is 13.0 Å². The number of hydrogen-bond donors (Lipinski definition) is 3. The minimum absolute atomic E-state index is 0.136. The van der Waals surface area contributed by atoms with Crippen LogP contribution in [-0.4, -0.2) is 41.0 Å². The molecule has 0 aromatic rings. The molecule has 5 heteroatoms. The molecule has 0 bridgehead atoms. The number of carbonyl (C=O) groups is 1. The fourth-order valence-electron chi connectivity index (χ4n) is 1.10. The Hall–Kier alpha value is -0.650. The second kappa shape index (κ2) is 3.17. The summed E-state index contributed by atoms with van der Waals surface area (Å²) in [5.74, 6) is -1.04. The molecule has 5 nitrogen and oxygen atoms in total. The van der Waals surface area contributed by atoms with E-state index in [2.05, 4.69) is 0 Å². The smallest absolute Gasteiger partial charge is 0.332 e. The molecule has 0 amide bonds. The molecule has 0 spiro atoms. The zero-order valence-corrected chi connectivity index (χ0v) is 5.93. The van der Waals surface area contributed by atoms with Gasteiger partial charge in [0.1, 0.15) is 0 Å². The summed E-state index contributed by atoms with van der Waals surface area (Å²) < 4.78 is 4.91. The topological polar surface area (TPSA) is 92.8 Å². The zero-order valence-electron chi connectivity index (χ0n) is 5.93. The van der Waals surface area contributed by atoms with Crippen molar-refractivity contribution >= 4 is 5.97 Å². The Kier molecular flexibility index (Phi) is 2.43. The van der Waals surface area contributed by atoms with Crippen molar-refractivity contribution in [2.75, 3.05) is 6.54 Å². The number of aliphatic carboxylic acids is 1. The largest absolute Gasteiger partial charge is 0.479 e. The fourth-order valence-corrected chi connectivity index (χ4v) is 1.10. The molecule has 1 fully saturated rings. The molecule has 3 atom stereocenters. The normalized spacial score (nSPS) is 37.5. The van der Waals surface area contributed by atoms with E-state index in [0.29, 0.717) is 0 Å². The van der Waals surface area contributed by atoms with Crippen molar-refractivity contribution in [2.24, 2.45) is 5.73 Å². The third kappa shape index (κ3) is 1.68. The van der Waals surface area contributed by atoms with E-state index in [1.165, 1.54) is 0 Å². The van der Waals surface area contributed by atoms with Crippen LogP contribution in [0, 0.1) is 0 Å². The average Bonchev–Trinajstić information content (AvgIpc) is 2.31. The van der Waals surface area contributed by atoms with Crippen LogP contribution >= 0.6 is 0 Å². The van der Waals surface area contributed by atoms with Gasteiger partial charge >= 0.3 is 5.97 Å². The molecule has 1 heterocycles. The van der Waals surface area contributed by atoms with Gasteiger partial charge in [-0.1, -0.05) is 0 Å². The number of hydrogen-bond acceptors (Lipinski definition) is 4. The van der Waals surface area contributed by atoms with Gasteiger partial charge in [0.2, 0.25) is 0 Å². The van der Waals surface area contributed by atoms with Crippen LogP contribution in [0.1, 0.15) is 6.42 Å². The van der Waals surface area contributed by atoms with Gasteiger partial charge in [-0.3, -0.25) is 0 Å². The van der Waals surface area contributed by atoms with Gasteiger partial charge in [0.25, 0.3) is 0 Å². The number of carboxylic acid groups (broad SMARTS) is 1. The van der Waals surface area contributed by atoms with E-state index in [1.54, 1.807) is 0 Å². The molecular formula is C6H11NO4. The van der Waals surface area contributed by atoms with Crippen molar-refractivity contribution in [3.8, 4) is 0 Å². The zero-order chi connectivity index (χ0) is 8.43. The number of rotatable bonds is 2. The van der Waals surface area contributed by atoms with Crippen LogP contribution in [0.25, 0.3) is 0 Å². The van der Waals surface area contributed by atoms with Crippen LogP contribution in [0.3, 0.4) is 0 Å². The van der Waals surface area contributed by atoms with Crippen LogP contribution < -0.4 is 5.73 Å². The van der Waals surface area contributed by atoms with Crippen molar-refractivity contribution < 1.29 is 19.7 Å². The lowest BCUT2D eigenvalue weighted by atomic mass is 10.1. The molecule has 2 unspecified atom stereocenters. The maximum absolute atomic E-state index is 10.3. The summed E-state index contributed by atoms with van der Waals surface area (Å²) in [5.41, 5.74) is 5.21. The van der Waals surface area contributed by atoms with Gasteiger partial charge in [-0.05, 0) is 0 Å². The molecule has 0 saturated carbocycles. The minimum atomic E-state index is -1.04. The molecule has 1 rings (SSSR count). The first kappa shape index (κ1) is 8.45. The van der Waals surface area contributed by atoms with E-state index < -0.39 is 24.3 Å². The standard InChI is InChI=1S/C6H11NO4/c7-2-5-3(8)1-4(11-5)6(9)10/h3-5,8H,1-2,7H2,(H,9,10)/t3?,4-,5?/m1/s1. The summed E-state index contributed by atoms with van der Waals surface area (Å²) in [4.78, 5) is 10.3. The second-order valence-corrected chi connectivity index (χ2v) is 2.54. The number of aliphatic hydroxyl groups is 1. The Labute approximate surface area is 63.8 Å². The summed E-state index contributed by atoms with van der Waals surface area (Å²) in [7, 11) is 0. The number of carboxylic acids is 1. The summed E-state index contributed by atoms with van der Waals surface area (Å²) in [6.45, 7) is 0.158. The predicted molar refractivity (Wildman–Crippen MR) is 36.0 cm³/mol. The Morgan fingerprint density at radius 3 is 2.64 bits per heavy atom. The van der Waals surface area contributed by atoms with Crippen molar-refractivity contribution in [3.63, 3.8) is 0 Å². The Bertz CT molecular complexity index is 161. The van der Waals surface area contributed by atoms with E-state index >= 15 is 0 Å². The van der Waals surface area contributed by atoms with E-state index in [9.17, 15) is 4.79 Å². The fraction of sp³-hybridized carbons (Fsp3) is 0.833. The number of nitrogens with two attached hydrogens (primary N) is 1. The molecular weight excluding hydrogens is 150 g/mol. The third-order valence-electron chi connectivity index (χ3n) is 1.73. The van der Waals surface area contributed by atoms with Crippen LogP contribution in [-0.2, 0) is 9.53 Å². The molecule has 1 aliphatic heterocycles. The molecule has 11 heavy (non-hydrogen) atoms. The van der Waals surface area contributed by atoms with Crippen LogP contribution in [0.2, 0.25) is 0 Å². The van der Waals surface area contributed by atoms with Gasteiger partial charge < -0.3 is 20.7 Å². The first-order chi connectivity index (χ1) is 5.15. The highest BCUT2D eigenvalue weighted by molar-refractivity contribution is 5.72. The second-order valence-electron chi connectivity index (χ2n) is 2.54. The van der Waals surface area contributed by atoms with Crippen molar-refractivity contribution in [2.45, 2.75) is 24.7 Å². The molecule has 1 aliphatic rings.